The van der Waals surface area contributed by atoms with Gasteiger partial charge >= 0.3 is 74.4 Å². The zero-order valence-corrected chi connectivity index (χ0v) is 117. The zero-order valence-electron chi connectivity index (χ0n) is 83.3. The Hall–Kier alpha value is -3.44. The number of pyridine rings is 4. The Bertz CT molecular complexity index is 4720. The second kappa shape index (κ2) is 116. The molecule has 0 aliphatic heterocycles. The Labute approximate surface area is 1050 Å². The van der Waals surface area contributed by atoms with Gasteiger partial charge in [0, 0.05) is 271 Å². The quantitative estimate of drug-likeness (QED) is 0.00681. The molecule has 9 N–H and O–H groups in total. The van der Waals surface area contributed by atoms with E-state index in [0.717, 1.165) is 63.8 Å². The van der Waals surface area contributed by atoms with Crippen LogP contribution < -0.4 is 59.2 Å². The molecule has 8 aromatic carbocycles. The SMILES string of the molecule is CC.CC.CC.CC.CCOC(=O)CC(Nc1ccc(Oc2ccccc2)cn1)c1ccccc1.CN(CCC(Nc1ccc(Oc2ccccc2)cn1)c1ccccc1)CC(=O)O.CNC(=O)CC(Nc1ccc(Oc2ccccc2)cn1)c1ccccc1.II.I[I-]I.Nc1ccc(Oc2ccccc2)cn1.O=C(O)CC(=O)O.O=Cc1ccccc1.[CH3-].[CH3-].[CH3-].[CH3-].[CH3-].[CH3-].[CH3-].[CH3-].[W].[W].[W].[W].[Y].[Y].[Y].[Y]. The first-order valence-electron chi connectivity index (χ1n) is 39.6. The number of halogens is 5. The minimum absolute atomic E-state index is 0. The number of esters is 1. The number of anilines is 4. The number of ether oxygens (including phenoxy) is 5. The Morgan fingerprint density at radius 1 is 0.393 bits per heavy atom. The number of carboxylic acid groups (broad SMARTS) is 3. The van der Waals surface area contributed by atoms with E-state index in [-0.39, 0.29) is 317 Å². The topological polar surface area (TPSA) is 338 Å². The number of amides is 1. The maximum absolute atomic E-state index is 12.0. The smallest absolute Gasteiger partial charge is 0.314 e. The van der Waals surface area contributed by atoms with Crippen molar-refractivity contribution >= 4 is 134 Å². The van der Waals surface area contributed by atoms with Crippen LogP contribution in [0.3, 0.4) is 0 Å². The van der Waals surface area contributed by atoms with Gasteiger partial charge in [-0.05, 0) is 134 Å². The third-order valence-corrected chi connectivity index (χ3v) is 15.2. The van der Waals surface area contributed by atoms with Crippen LogP contribution in [0.15, 0.2) is 316 Å². The Kier molecular flexibility index (Phi) is 143. The summed E-state index contributed by atoms with van der Waals surface area (Å²) in [5, 5.41) is 37.1. The molecular weight excluding hydrogens is 3330 g/mol. The van der Waals surface area contributed by atoms with Crippen LogP contribution in [-0.4, -0.2) is 110 Å². The van der Waals surface area contributed by atoms with Crippen molar-refractivity contribution in [3.8, 4) is 46.0 Å². The van der Waals surface area contributed by atoms with Crippen LogP contribution in [-0.2, 0) is 244 Å². The predicted molar refractivity (Wildman–Crippen MR) is 580 cm³/mol. The van der Waals surface area contributed by atoms with Crippen molar-refractivity contribution in [2.24, 2.45) is 0 Å². The molecule has 0 bridgehead atoms. The summed E-state index contributed by atoms with van der Waals surface area (Å²) >= 11 is 9.54. The third-order valence-electron chi connectivity index (χ3n) is 15.2. The molecule has 37 heteroatoms. The number of aliphatic carboxylic acids is 3. The number of hydrogen-bond donors (Lipinski definition) is 8. The van der Waals surface area contributed by atoms with Gasteiger partial charge in [0.15, 0.2) is 0 Å². The number of rotatable bonds is 30. The van der Waals surface area contributed by atoms with Gasteiger partial charge in [-0.1, -0.05) is 250 Å². The number of nitrogens with two attached hydrogens (primary N) is 1. The molecule has 12 aromatic rings. The second-order valence-corrected chi connectivity index (χ2v) is 40.1. The Morgan fingerprint density at radius 3 is 0.879 bits per heavy atom. The van der Waals surface area contributed by atoms with Crippen molar-refractivity contribution in [3.05, 3.63) is 398 Å². The minimum atomic E-state index is -1.31. The number of hydrogen-bond acceptors (Lipinski definition) is 20. The van der Waals surface area contributed by atoms with E-state index in [2.05, 4.69) is 128 Å². The number of nitrogens with zero attached hydrogens (tertiary/aromatic N) is 5. The average molecular weight is 3460 g/mol. The molecule has 0 spiro atoms. The molecule has 24 nitrogen and oxygen atoms in total. The first-order valence-corrected chi connectivity index (χ1v) is 58.4. The number of carbonyl (C=O) groups is 6. The number of carbonyl (C=O) groups excluding carboxylic acids is 3. The third kappa shape index (κ3) is 84.5. The number of aromatic nitrogens is 4. The van der Waals surface area contributed by atoms with Crippen LogP contribution in [0.25, 0.3) is 0 Å². The summed E-state index contributed by atoms with van der Waals surface area (Å²) in [4.78, 5) is 82.6. The molecule has 140 heavy (non-hydrogen) atoms. The summed E-state index contributed by atoms with van der Waals surface area (Å²) < 4.78 is 27.9. The number of carboxylic acids is 3. The average Bonchev–Trinajstić information content (AvgIpc) is 0.859. The van der Waals surface area contributed by atoms with Crippen molar-refractivity contribution in [3.63, 3.8) is 0 Å². The molecule has 4 heterocycles. The zero-order chi connectivity index (χ0) is 91.8. The van der Waals surface area contributed by atoms with Crippen LogP contribution in [0, 0.1) is 59.4 Å². The van der Waals surface area contributed by atoms with Crippen molar-refractivity contribution < 1.29 is 296 Å². The van der Waals surface area contributed by atoms with Crippen LogP contribution in [0.5, 0.6) is 46.0 Å². The maximum atomic E-state index is 12.0. The fraction of sp³-hybridized carbons (Fsp3) is 0.204. The van der Waals surface area contributed by atoms with Gasteiger partial charge in [0.05, 0.1) is 68.9 Å². The van der Waals surface area contributed by atoms with Crippen molar-refractivity contribution in [2.75, 3.05) is 55.5 Å². The van der Waals surface area contributed by atoms with Gasteiger partial charge in [-0.2, -0.15) is 0 Å². The molecule has 762 valence electrons. The minimum Gasteiger partial charge on any atom is -0.481 e. The molecule has 0 fully saturated rings. The Morgan fingerprint density at radius 2 is 0.650 bits per heavy atom. The molecule has 4 aromatic heterocycles. The molecular formula is C103H136I5N10O14W4Y4-9. The number of aldehydes is 1. The molecule has 3 atom stereocenters. The van der Waals surface area contributed by atoms with Gasteiger partial charge in [-0.3, -0.25) is 33.7 Å². The van der Waals surface area contributed by atoms with E-state index >= 15 is 0 Å². The van der Waals surface area contributed by atoms with E-state index in [0.29, 0.717) is 73.3 Å². The van der Waals surface area contributed by atoms with Gasteiger partial charge in [-0.25, -0.2) is 19.9 Å². The summed E-state index contributed by atoms with van der Waals surface area (Å²) in [6.45, 7) is 18.8. The van der Waals surface area contributed by atoms with E-state index in [1.54, 1.807) is 67.9 Å². The summed E-state index contributed by atoms with van der Waals surface area (Å²) in [7, 11) is 3.45. The van der Waals surface area contributed by atoms with Gasteiger partial charge < -0.3 is 125 Å². The van der Waals surface area contributed by atoms with Crippen LogP contribution in [0.2, 0.25) is 0 Å². The predicted octanol–water partition coefficient (Wildman–Crippen LogP) is 25.3. The molecule has 0 aliphatic rings. The molecule has 1 amide bonds. The van der Waals surface area contributed by atoms with Crippen molar-refractivity contribution in [1.29, 1.82) is 0 Å². The molecule has 0 saturated heterocycles. The maximum Gasteiger partial charge on any atom is 0.314 e. The fourth-order valence-corrected chi connectivity index (χ4v) is 9.94. The molecule has 12 rings (SSSR count). The number of benzene rings is 8. The molecule has 0 saturated carbocycles. The van der Waals surface area contributed by atoms with E-state index in [1.807, 2.05) is 317 Å². The van der Waals surface area contributed by atoms with Gasteiger partial charge in [0.25, 0.3) is 0 Å². The summed E-state index contributed by atoms with van der Waals surface area (Å²) in [6, 6.07) is 91.3. The summed E-state index contributed by atoms with van der Waals surface area (Å²) in [5.41, 5.74) is 9.34. The van der Waals surface area contributed by atoms with E-state index in [1.165, 1.54) is 0 Å². The number of likely N-dealkylation sites (N-methyl/N-ethyl adjacent to an activating group) is 1. The first-order chi connectivity index (χ1) is 60.4. The van der Waals surface area contributed by atoms with Crippen LogP contribution >= 0.6 is 74.5 Å². The Balaban J connectivity index is -0.0000000936. The van der Waals surface area contributed by atoms with Gasteiger partial charge in [0.1, 0.15) is 82.0 Å². The normalized spacial score (nSPS) is 9.00. The summed E-state index contributed by atoms with van der Waals surface area (Å²) in [6.07, 6.45) is 7.93. The summed E-state index contributed by atoms with van der Waals surface area (Å²) in [5.74, 6) is 4.56. The van der Waals surface area contributed by atoms with Crippen molar-refractivity contribution in [1.82, 2.24) is 30.2 Å². The molecule has 3 unspecified atom stereocenters. The molecule has 4 radical (unpaired) electrons. The van der Waals surface area contributed by atoms with Gasteiger partial charge in [0.2, 0.25) is 5.91 Å². The number of para-hydroxylation sites is 4. The van der Waals surface area contributed by atoms with Crippen LogP contribution in [0.4, 0.5) is 23.3 Å². The van der Waals surface area contributed by atoms with E-state index < -0.39 is 24.3 Å². The van der Waals surface area contributed by atoms with E-state index in [9.17, 15) is 28.8 Å². The second-order valence-electron chi connectivity index (χ2n) is 23.9. The van der Waals surface area contributed by atoms with E-state index in [4.69, 9.17) is 44.7 Å². The van der Waals surface area contributed by atoms with Crippen LogP contribution in [0.1, 0.15) is 133 Å². The monoisotopic (exact) mass is 3460 g/mol. The fourth-order valence-electron chi connectivity index (χ4n) is 9.94. The number of nitrogen functional groups attached to an aromatic ring is 1. The number of nitrogens with one attached hydrogen (secondary N) is 4. The standard InChI is InChI=1S/C23H25N3O3.C22H22N2O3.C21H21N3O2.C11H10N2O.C7H6O.C3H4O4.4C2H6.8CH3.I3.I2.4W.4Y/c1-26(17-23(27)28)15-14-21(18-8-4-2-5-9-18)25-22-13-12-20(16-24-22)29-19-10-6-3-7-11-19;1-2-26-22(25)15-20(17-9-5-3-6-10-17)24-21-14-13-19(16-23-21)27-18-11-7-4-8-12-18;1-22-21(25)14-19(16-8-4-2-5-9-16)24-20-13-12-18(15-23-20)26-17-10-6-3-7-11-17;12-11-7-6-10(8-13-11)14-9-4-2-1-3-5-9;8-6-7-4-2-1-3-5-7;4-2(5)1-3(6)7;4*1-2;;;;;;;;;1-3-2;1-2;;;;;;;;/h2-13,16,21H,14-15,17H2,1H3,(H,24,25)(H,27,28);3-14,16,20H,2,15H2,1H3,(H,23,24);2-13,15,19H,14H2,1H3,(H,22,25)(H,23,24);1-8H,(H2,12,13);1-6H;1H2,(H,4,5)(H,6,7);4*1-2H3;8*1H3;;;;;;;;;;/q;;;;;;;;;;9*-1;;;;;;;;;. The first kappa shape index (κ1) is 173. The molecule has 0 aliphatic carbocycles. The van der Waals surface area contributed by atoms with Crippen molar-refractivity contribution in [2.45, 2.75) is 106 Å². The largest absolute Gasteiger partial charge is 0.481 e. The van der Waals surface area contributed by atoms with Gasteiger partial charge in [-0.15, -0.1) is 0 Å².